The Bertz CT molecular complexity index is 1010. The molecule has 2 N–H and O–H groups in total. The van der Waals surface area contributed by atoms with Gasteiger partial charge in [-0.25, -0.2) is 9.82 Å². The molecule has 0 aliphatic heterocycles. The topological polar surface area (TPSA) is 66.6 Å². The highest BCUT2D eigenvalue weighted by Crippen LogP contribution is 2.20. The molecule has 0 saturated heterocycles. The number of amides is 1. The van der Waals surface area contributed by atoms with Crippen LogP contribution < -0.4 is 10.9 Å². The fourth-order valence-corrected chi connectivity index (χ4v) is 2.66. The van der Waals surface area contributed by atoms with E-state index in [1.54, 1.807) is 19.1 Å². The van der Waals surface area contributed by atoms with E-state index in [1.165, 1.54) is 30.3 Å². The summed E-state index contributed by atoms with van der Waals surface area (Å²) in [5.41, 5.74) is 4.92. The molecule has 0 bridgehead atoms. The van der Waals surface area contributed by atoms with Crippen molar-refractivity contribution in [1.29, 1.82) is 0 Å². The summed E-state index contributed by atoms with van der Waals surface area (Å²) in [6.07, 6.45) is 0. The lowest BCUT2D eigenvalue weighted by molar-refractivity contribution is 0.0952. The molecule has 0 spiro atoms. The Kier molecular flexibility index (Phi) is 4.31. The third-order valence-electron chi connectivity index (χ3n) is 3.97. The van der Waals surface area contributed by atoms with Gasteiger partial charge < -0.3 is 9.67 Å². The second-order valence-corrected chi connectivity index (χ2v) is 5.71. The zero-order chi connectivity index (χ0) is 18.1. The molecule has 7 heteroatoms. The largest absolute Gasteiger partial charge is 0.507 e. The van der Waals surface area contributed by atoms with Crippen LogP contribution in [0.4, 0.5) is 4.39 Å². The molecule has 1 aromatic heterocycles. The Morgan fingerprint density at radius 3 is 2.76 bits per heavy atom. The van der Waals surface area contributed by atoms with E-state index in [-0.39, 0.29) is 17.1 Å². The molecule has 3 rings (SSSR count). The van der Waals surface area contributed by atoms with Crippen molar-refractivity contribution in [2.75, 3.05) is 0 Å². The highest BCUT2D eigenvalue weighted by Gasteiger charge is 2.12. The van der Waals surface area contributed by atoms with Crippen LogP contribution in [0.2, 0.25) is 0 Å². The number of fused-ring (bicyclic) bond motifs is 1. The van der Waals surface area contributed by atoms with Gasteiger partial charge in [0.1, 0.15) is 19.4 Å². The van der Waals surface area contributed by atoms with Crippen molar-refractivity contribution in [1.82, 2.24) is 9.99 Å². The van der Waals surface area contributed by atoms with Crippen molar-refractivity contribution in [2.45, 2.75) is 6.92 Å². The number of benzene rings is 2. The van der Waals surface area contributed by atoms with E-state index in [0.717, 1.165) is 16.6 Å². The van der Waals surface area contributed by atoms with E-state index in [0.29, 0.717) is 11.2 Å². The Labute approximate surface area is 145 Å². The summed E-state index contributed by atoms with van der Waals surface area (Å²) in [6, 6.07) is 10.5. The minimum atomic E-state index is -0.575. The number of aryl methyl sites for hydroxylation is 1. The SMILES string of the molecule is [B]c1ccc(O)c(C(=O)NN=C(C)c2cc3cc(F)ccc3n2C)c1. The molecule has 0 fully saturated rings. The van der Waals surface area contributed by atoms with Crippen LogP contribution in [0.25, 0.3) is 10.9 Å². The first-order valence-corrected chi connectivity index (χ1v) is 7.55. The maximum absolute atomic E-state index is 13.4. The molecule has 0 saturated carbocycles. The normalized spacial score (nSPS) is 11.7. The number of aromatic nitrogens is 1. The van der Waals surface area contributed by atoms with Crippen molar-refractivity contribution in [3.63, 3.8) is 0 Å². The summed E-state index contributed by atoms with van der Waals surface area (Å²) < 4.78 is 15.2. The number of rotatable bonds is 3. The molecule has 0 unspecified atom stereocenters. The van der Waals surface area contributed by atoms with Crippen molar-refractivity contribution >= 4 is 35.8 Å². The molecular weight excluding hydrogens is 320 g/mol. The van der Waals surface area contributed by atoms with Gasteiger partial charge in [0.15, 0.2) is 0 Å². The standard InChI is InChI=1S/C18H15BFN3O2/c1-10(16-8-11-7-13(20)4-5-15(11)23(16)2)21-22-18(25)14-9-12(19)3-6-17(14)24/h3-9,24H,1-2H3,(H,22,25). The fourth-order valence-electron chi connectivity index (χ4n) is 2.66. The Hall–Kier alpha value is -3.09. The first kappa shape index (κ1) is 16.8. The summed E-state index contributed by atoms with van der Waals surface area (Å²) in [7, 11) is 7.46. The van der Waals surface area contributed by atoms with Gasteiger partial charge >= 0.3 is 0 Å². The molecule has 3 aromatic rings. The van der Waals surface area contributed by atoms with Gasteiger partial charge in [-0.15, -0.1) is 0 Å². The Morgan fingerprint density at radius 1 is 1.24 bits per heavy atom. The first-order valence-electron chi connectivity index (χ1n) is 7.55. The van der Waals surface area contributed by atoms with Gasteiger partial charge in [0.25, 0.3) is 5.91 Å². The molecular formula is C18H15BFN3O2. The van der Waals surface area contributed by atoms with Gasteiger partial charge in [-0.1, -0.05) is 17.6 Å². The molecule has 25 heavy (non-hydrogen) atoms. The quantitative estimate of drug-likeness (QED) is 0.437. The third kappa shape index (κ3) is 3.26. The average Bonchev–Trinajstić information content (AvgIpc) is 2.90. The maximum Gasteiger partial charge on any atom is 0.275 e. The molecule has 2 radical (unpaired) electrons. The number of nitrogens with one attached hydrogen (secondary N) is 1. The van der Waals surface area contributed by atoms with Crippen LogP contribution in [0.3, 0.4) is 0 Å². The predicted octanol–water partition coefficient (Wildman–Crippen LogP) is 1.97. The Balaban J connectivity index is 1.88. The van der Waals surface area contributed by atoms with Crippen molar-refractivity contribution in [2.24, 2.45) is 12.1 Å². The predicted molar refractivity (Wildman–Crippen MR) is 96.0 cm³/mol. The second kappa shape index (κ2) is 6.43. The van der Waals surface area contributed by atoms with Crippen LogP contribution in [0, 0.1) is 5.82 Å². The smallest absolute Gasteiger partial charge is 0.275 e. The number of hydrogen-bond acceptors (Lipinski definition) is 3. The van der Waals surface area contributed by atoms with Crippen LogP contribution in [-0.2, 0) is 7.05 Å². The van der Waals surface area contributed by atoms with Gasteiger partial charge in [0, 0.05) is 18.0 Å². The Morgan fingerprint density at radius 2 is 2.00 bits per heavy atom. The van der Waals surface area contributed by atoms with E-state index >= 15 is 0 Å². The lowest BCUT2D eigenvalue weighted by Gasteiger charge is -2.07. The average molecular weight is 335 g/mol. The minimum Gasteiger partial charge on any atom is -0.507 e. The van der Waals surface area contributed by atoms with Crippen molar-refractivity contribution < 1.29 is 14.3 Å². The number of carbonyl (C=O) groups excluding carboxylic acids is 1. The second-order valence-electron chi connectivity index (χ2n) is 5.71. The molecule has 2 aromatic carbocycles. The number of phenolic OH excluding ortho intramolecular Hbond substituents is 1. The monoisotopic (exact) mass is 335 g/mol. The number of nitrogens with zero attached hydrogens (tertiary/aromatic N) is 2. The molecule has 124 valence electrons. The zero-order valence-corrected chi connectivity index (χ0v) is 13.7. The van der Waals surface area contributed by atoms with E-state index in [2.05, 4.69) is 10.5 Å². The van der Waals surface area contributed by atoms with Crippen molar-refractivity contribution in [3.8, 4) is 5.75 Å². The van der Waals surface area contributed by atoms with Crippen LogP contribution in [0.5, 0.6) is 5.75 Å². The van der Waals surface area contributed by atoms with Gasteiger partial charge in [0.05, 0.1) is 17.0 Å². The first-order chi connectivity index (χ1) is 11.9. The summed E-state index contributed by atoms with van der Waals surface area (Å²) in [5, 5.41) is 14.6. The van der Waals surface area contributed by atoms with Crippen LogP contribution in [-0.4, -0.2) is 29.1 Å². The molecule has 1 amide bonds. The number of hydrogen-bond donors (Lipinski definition) is 2. The highest BCUT2D eigenvalue weighted by atomic mass is 19.1. The van der Waals surface area contributed by atoms with Crippen LogP contribution in [0.15, 0.2) is 47.6 Å². The molecule has 0 aliphatic carbocycles. The summed E-state index contributed by atoms with van der Waals surface area (Å²) in [5.74, 6) is -1.07. The van der Waals surface area contributed by atoms with Gasteiger partial charge in [0.2, 0.25) is 0 Å². The zero-order valence-electron chi connectivity index (χ0n) is 13.7. The number of phenols is 1. The van der Waals surface area contributed by atoms with Crippen LogP contribution >= 0.6 is 0 Å². The van der Waals surface area contributed by atoms with E-state index < -0.39 is 5.91 Å². The third-order valence-corrected chi connectivity index (χ3v) is 3.97. The summed E-state index contributed by atoms with van der Waals surface area (Å²) in [6.45, 7) is 1.73. The number of hydrazone groups is 1. The summed E-state index contributed by atoms with van der Waals surface area (Å²) in [4.78, 5) is 12.2. The van der Waals surface area contributed by atoms with Gasteiger partial charge in [-0.05, 0) is 37.3 Å². The van der Waals surface area contributed by atoms with Gasteiger partial charge in [-0.2, -0.15) is 5.10 Å². The molecule has 0 aliphatic rings. The van der Waals surface area contributed by atoms with E-state index in [4.69, 9.17) is 7.85 Å². The van der Waals surface area contributed by atoms with E-state index in [9.17, 15) is 14.3 Å². The fraction of sp³-hybridized carbons (Fsp3) is 0.111. The lowest BCUT2D eigenvalue weighted by Crippen LogP contribution is -2.21. The molecule has 5 nitrogen and oxygen atoms in total. The maximum atomic E-state index is 13.4. The number of aromatic hydroxyl groups is 1. The lowest BCUT2D eigenvalue weighted by atomic mass is 9.94. The summed E-state index contributed by atoms with van der Waals surface area (Å²) >= 11 is 0. The number of halogens is 1. The minimum absolute atomic E-state index is 0.0377. The van der Waals surface area contributed by atoms with Crippen molar-refractivity contribution in [3.05, 3.63) is 59.5 Å². The van der Waals surface area contributed by atoms with E-state index in [1.807, 2.05) is 11.6 Å². The van der Waals surface area contributed by atoms with Gasteiger partial charge in [-0.3, -0.25) is 4.79 Å². The highest BCUT2D eigenvalue weighted by molar-refractivity contribution is 6.32. The number of carbonyl (C=O) groups is 1. The van der Waals surface area contributed by atoms with Crippen LogP contribution in [0.1, 0.15) is 23.0 Å². The molecule has 0 atom stereocenters. The molecule has 1 heterocycles.